The molecule has 26 heavy (non-hydrogen) atoms. The first-order valence-electron chi connectivity index (χ1n) is 8.98. The number of nitrogens with zero attached hydrogens (tertiary/aromatic N) is 4. The molecule has 1 N–H and O–H groups in total. The average molecular weight is 359 g/mol. The fourth-order valence-corrected chi connectivity index (χ4v) is 3.06. The van der Waals surface area contributed by atoms with Gasteiger partial charge in [0.1, 0.15) is 0 Å². The molecule has 2 aromatic heterocycles. The summed E-state index contributed by atoms with van der Waals surface area (Å²) in [6.45, 7) is 5.00. The first-order chi connectivity index (χ1) is 12.6. The smallest absolute Gasteiger partial charge is 0.317 e. The van der Waals surface area contributed by atoms with Gasteiger partial charge in [-0.2, -0.15) is 0 Å². The number of nitrogens with one attached hydrogen (secondary N) is 1. The highest BCUT2D eigenvalue weighted by atomic mass is 16.3. The van der Waals surface area contributed by atoms with Crippen molar-refractivity contribution in [2.24, 2.45) is 0 Å². The predicted molar refractivity (Wildman–Crippen MR) is 95.8 cm³/mol. The van der Waals surface area contributed by atoms with Gasteiger partial charge in [-0.25, -0.2) is 9.78 Å². The number of aromatic nitrogens is 2. The van der Waals surface area contributed by atoms with E-state index >= 15 is 0 Å². The van der Waals surface area contributed by atoms with Crippen molar-refractivity contribution in [1.29, 1.82) is 0 Å². The predicted octanol–water partition coefficient (Wildman–Crippen LogP) is 1.98. The van der Waals surface area contributed by atoms with E-state index in [2.05, 4.69) is 17.2 Å². The average Bonchev–Trinajstić information content (AvgIpc) is 3.31. The molecule has 1 unspecified atom stereocenters. The van der Waals surface area contributed by atoms with E-state index in [-0.39, 0.29) is 18.0 Å². The number of hydrogen-bond donors (Lipinski definition) is 1. The van der Waals surface area contributed by atoms with E-state index in [0.29, 0.717) is 38.5 Å². The molecule has 0 saturated carbocycles. The molecule has 1 aliphatic rings. The van der Waals surface area contributed by atoms with E-state index < -0.39 is 0 Å². The van der Waals surface area contributed by atoms with Crippen LogP contribution in [0.4, 0.5) is 4.79 Å². The van der Waals surface area contributed by atoms with Crippen molar-refractivity contribution in [2.75, 3.05) is 32.7 Å². The summed E-state index contributed by atoms with van der Waals surface area (Å²) in [6.07, 6.45) is 8.54. The van der Waals surface area contributed by atoms with E-state index in [9.17, 15) is 9.59 Å². The lowest BCUT2D eigenvalue weighted by Gasteiger charge is -2.22. The summed E-state index contributed by atoms with van der Waals surface area (Å²) in [5.41, 5.74) is 0. The third-order valence-corrected chi connectivity index (χ3v) is 4.67. The molecule has 3 rings (SSSR count). The molecule has 1 atom stereocenters. The minimum absolute atomic E-state index is 0.0740. The van der Waals surface area contributed by atoms with Gasteiger partial charge in [0.05, 0.1) is 12.6 Å². The van der Waals surface area contributed by atoms with Crippen LogP contribution in [0.15, 0.2) is 41.5 Å². The number of rotatable bonds is 5. The normalized spacial score (nSPS) is 16.2. The molecule has 0 bridgehead atoms. The molecule has 8 nitrogen and oxygen atoms in total. The molecule has 140 valence electrons. The Bertz CT molecular complexity index is 698. The minimum Gasteiger partial charge on any atom is -0.459 e. The van der Waals surface area contributed by atoms with Crippen LogP contribution in [0.2, 0.25) is 0 Å². The fraction of sp³-hybridized carbons (Fsp3) is 0.500. The van der Waals surface area contributed by atoms with Crippen LogP contribution >= 0.6 is 0 Å². The van der Waals surface area contributed by atoms with Crippen LogP contribution in [0.3, 0.4) is 0 Å². The summed E-state index contributed by atoms with van der Waals surface area (Å²) in [5.74, 6) is 0.225. The molecule has 0 radical (unpaired) electrons. The van der Waals surface area contributed by atoms with Gasteiger partial charge >= 0.3 is 6.03 Å². The molecule has 3 heterocycles. The molecule has 0 aromatic carbocycles. The van der Waals surface area contributed by atoms with Crippen LogP contribution in [0, 0.1) is 0 Å². The second-order valence-electron chi connectivity index (χ2n) is 6.49. The Kier molecular flexibility index (Phi) is 5.93. The molecule has 0 aliphatic carbocycles. The maximum atomic E-state index is 12.4. The van der Waals surface area contributed by atoms with Gasteiger partial charge in [-0.1, -0.05) is 0 Å². The Morgan fingerprint density at radius 2 is 2.08 bits per heavy atom. The largest absolute Gasteiger partial charge is 0.459 e. The standard InChI is InChI=1S/C18H25N5O3/c1-15(23-10-7-19-14-23)5-6-20-18(25)22-9-3-8-21(11-12-22)17(24)16-4-2-13-26-16/h2,4,7,10,13-15H,3,5-6,8-9,11-12H2,1H3,(H,20,25). The summed E-state index contributed by atoms with van der Waals surface area (Å²) < 4.78 is 7.20. The summed E-state index contributed by atoms with van der Waals surface area (Å²) in [7, 11) is 0. The van der Waals surface area contributed by atoms with Crippen LogP contribution < -0.4 is 5.32 Å². The third kappa shape index (κ3) is 4.44. The summed E-state index contributed by atoms with van der Waals surface area (Å²) in [6, 6.07) is 3.58. The molecule has 0 spiro atoms. The Morgan fingerprint density at radius 1 is 1.27 bits per heavy atom. The zero-order valence-corrected chi connectivity index (χ0v) is 15.0. The molecule has 1 fully saturated rings. The highest BCUT2D eigenvalue weighted by Gasteiger charge is 2.23. The minimum atomic E-state index is -0.119. The lowest BCUT2D eigenvalue weighted by atomic mass is 10.2. The van der Waals surface area contributed by atoms with E-state index in [1.165, 1.54) is 6.26 Å². The summed E-state index contributed by atoms with van der Waals surface area (Å²) in [4.78, 5) is 32.3. The Morgan fingerprint density at radius 3 is 2.81 bits per heavy atom. The van der Waals surface area contributed by atoms with Crippen LogP contribution in [-0.4, -0.2) is 64.0 Å². The second kappa shape index (κ2) is 8.55. The number of urea groups is 1. The molecule has 1 aliphatic heterocycles. The molecule has 8 heteroatoms. The third-order valence-electron chi connectivity index (χ3n) is 4.67. The van der Waals surface area contributed by atoms with Gasteiger partial charge in [0.25, 0.3) is 5.91 Å². The Labute approximate surface area is 152 Å². The molecule has 2 aromatic rings. The molecular formula is C18H25N5O3. The summed E-state index contributed by atoms with van der Waals surface area (Å²) in [5, 5.41) is 2.98. The topological polar surface area (TPSA) is 83.6 Å². The van der Waals surface area contributed by atoms with Crippen molar-refractivity contribution in [2.45, 2.75) is 25.8 Å². The SMILES string of the molecule is CC(CCNC(=O)N1CCCN(C(=O)c2ccco2)CC1)n1ccnc1. The molecule has 1 saturated heterocycles. The van der Waals surface area contributed by atoms with Crippen molar-refractivity contribution in [3.63, 3.8) is 0 Å². The monoisotopic (exact) mass is 359 g/mol. The van der Waals surface area contributed by atoms with Crippen molar-refractivity contribution < 1.29 is 14.0 Å². The zero-order valence-electron chi connectivity index (χ0n) is 15.0. The van der Waals surface area contributed by atoms with Crippen molar-refractivity contribution in [3.05, 3.63) is 42.9 Å². The lowest BCUT2D eigenvalue weighted by molar-refractivity contribution is 0.0730. The van der Waals surface area contributed by atoms with Crippen LogP contribution in [0.1, 0.15) is 36.4 Å². The Hall–Kier alpha value is -2.77. The van der Waals surface area contributed by atoms with Gasteiger partial charge in [0, 0.05) is 51.2 Å². The van der Waals surface area contributed by atoms with Gasteiger partial charge in [-0.3, -0.25) is 4.79 Å². The number of furan rings is 1. The van der Waals surface area contributed by atoms with Crippen LogP contribution in [0.25, 0.3) is 0 Å². The second-order valence-corrected chi connectivity index (χ2v) is 6.49. The van der Waals surface area contributed by atoms with Gasteiger partial charge in [-0.05, 0) is 31.9 Å². The highest BCUT2D eigenvalue weighted by Crippen LogP contribution is 2.11. The van der Waals surface area contributed by atoms with Gasteiger partial charge < -0.3 is 24.1 Å². The number of imidazole rings is 1. The first kappa shape index (κ1) is 18.0. The van der Waals surface area contributed by atoms with Gasteiger partial charge in [0.15, 0.2) is 5.76 Å². The number of hydrogen-bond acceptors (Lipinski definition) is 4. The molecular weight excluding hydrogens is 334 g/mol. The maximum absolute atomic E-state index is 12.4. The number of carbonyl (C=O) groups is 2. The molecule has 3 amide bonds. The van der Waals surface area contributed by atoms with E-state index in [1.807, 2.05) is 10.8 Å². The van der Waals surface area contributed by atoms with Crippen LogP contribution in [-0.2, 0) is 0 Å². The van der Waals surface area contributed by atoms with Crippen molar-refractivity contribution in [1.82, 2.24) is 24.7 Å². The summed E-state index contributed by atoms with van der Waals surface area (Å²) >= 11 is 0. The fourth-order valence-electron chi connectivity index (χ4n) is 3.06. The van der Waals surface area contributed by atoms with Crippen molar-refractivity contribution in [3.8, 4) is 0 Å². The number of amides is 3. The zero-order chi connectivity index (χ0) is 18.4. The van der Waals surface area contributed by atoms with Gasteiger partial charge in [0.2, 0.25) is 0 Å². The first-order valence-corrected chi connectivity index (χ1v) is 8.98. The van der Waals surface area contributed by atoms with E-state index in [1.54, 1.807) is 34.5 Å². The van der Waals surface area contributed by atoms with E-state index in [0.717, 1.165) is 12.8 Å². The lowest BCUT2D eigenvalue weighted by Crippen LogP contribution is -2.43. The van der Waals surface area contributed by atoms with Crippen molar-refractivity contribution >= 4 is 11.9 Å². The quantitative estimate of drug-likeness (QED) is 0.885. The maximum Gasteiger partial charge on any atom is 0.317 e. The van der Waals surface area contributed by atoms with E-state index in [4.69, 9.17) is 4.42 Å². The number of carbonyl (C=O) groups excluding carboxylic acids is 2. The van der Waals surface area contributed by atoms with Gasteiger partial charge in [-0.15, -0.1) is 0 Å². The highest BCUT2D eigenvalue weighted by molar-refractivity contribution is 5.91. The Balaban J connectivity index is 1.43. The van der Waals surface area contributed by atoms with Crippen LogP contribution in [0.5, 0.6) is 0 Å².